The van der Waals surface area contributed by atoms with Crippen molar-refractivity contribution in [3.8, 4) is 0 Å². The zero-order valence-electron chi connectivity index (χ0n) is 15.1. The lowest BCUT2D eigenvalue weighted by Gasteiger charge is -2.32. The van der Waals surface area contributed by atoms with Gasteiger partial charge in [0.15, 0.2) is 5.96 Å². The summed E-state index contributed by atoms with van der Waals surface area (Å²) in [6.45, 7) is 6.69. The second kappa shape index (κ2) is 9.47. The molecule has 1 rings (SSSR count). The molecule has 1 aliphatic rings. The molecule has 3 N–H and O–H groups in total. The maximum Gasteiger partial charge on any atom is 0.208 e. The third-order valence-electron chi connectivity index (χ3n) is 4.37. The van der Waals surface area contributed by atoms with Crippen LogP contribution in [0, 0.1) is 11.3 Å². The van der Waals surface area contributed by atoms with E-state index in [1.807, 2.05) is 0 Å². The van der Waals surface area contributed by atoms with Crippen LogP contribution in [0.1, 0.15) is 52.4 Å². The van der Waals surface area contributed by atoms with Gasteiger partial charge in [-0.2, -0.15) is 0 Å². The molecule has 0 spiro atoms. The van der Waals surface area contributed by atoms with Crippen molar-refractivity contribution in [3.63, 3.8) is 0 Å². The second-order valence-corrected chi connectivity index (χ2v) is 9.01. The van der Waals surface area contributed by atoms with Gasteiger partial charge in [-0.1, -0.05) is 26.7 Å². The number of nitrogens with zero attached hydrogens (tertiary/aromatic N) is 1. The van der Waals surface area contributed by atoms with Gasteiger partial charge in [0, 0.05) is 26.7 Å². The summed E-state index contributed by atoms with van der Waals surface area (Å²) in [4.78, 5) is 4.26. The summed E-state index contributed by atoms with van der Waals surface area (Å²) in [5.74, 6) is 1.52. The first-order valence-corrected chi connectivity index (χ1v) is 10.5. The predicted molar refractivity (Wildman–Crippen MR) is 97.2 cm³/mol. The van der Waals surface area contributed by atoms with E-state index >= 15 is 0 Å². The van der Waals surface area contributed by atoms with Crippen molar-refractivity contribution in [1.82, 2.24) is 15.4 Å². The van der Waals surface area contributed by atoms with Crippen LogP contribution in [0.15, 0.2) is 4.99 Å². The van der Waals surface area contributed by atoms with Crippen LogP contribution < -0.4 is 15.4 Å². The van der Waals surface area contributed by atoms with Gasteiger partial charge in [-0.3, -0.25) is 4.99 Å². The second-order valence-electron chi connectivity index (χ2n) is 7.18. The number of guanidine groups is 1. The highest BCUT2D eigenvalue weighted by molar-refractivity contribution is 7.88. The van der Waals surface area contributed by atoms with Crippen molar-refractivity contribution in [2.45, 2.75) is 52.4 Å². The zero-order chi connectivity index (χ0) is 17.3. The van der Waals surface area contributed by atoms with Gasteiger partial charge in [0.25, 0.3) is 0 Å². The van der Waals surface area contributed by atoms with Crippen LogP contribution >= 0.6 is 0 Å². The summed E-state index contributed by atoms with van der Waals surface area (Å²) in [6, 6.07) is 0. The zero-order valence-corrected chi connectivity index (χ0v) is 15.9. The summed E-state index contributed by atoms with van der Waals surface area (Å²) in [5.41, 5.74) is 0.406. The maximum atomic E-state index is 11.0. The number of hydrogen-bond acceptors (Lipinski definition) is 3. The number of rotatable bonds is 9. The molecule has 1 saturated carbocycles. The first-order chi connectivity index (χ1) is 10.8. The maximum absolute atomic E-state index is 11.0. The smallest absolute Gasteiger partial charge is 0.208 e. The molecule has 23 heavy (non-hydrogen) atoms. The molecule has 0 saturated heterocycles. The fraction of sp³-hybridized carbons (Fsp3) is 0.938. The summed E-state index contributed by atoms with van der Waals surface area (Å²) >= 11 is 0. The molecule has 0 aromatic heterocycles. The first-order valence-electron chi connectivity index (χ1n) is 8.65. The third-order valence-corrected chi connectivity index (χ3v) is 5.10. The molecule has 6 nitrogen and oxygen atoms in total. The van der Waals surface area contributed by atoms with E-state index in [1.54, 1.807) is 7.05 Å². The molecular formula is C16H34N4O2S. The average Bonchev–Trinajstić information content (AvgIpc) is 2.88. The van der Waals surface area contributed by atoms with Crippen molar-refractivity contribution < 1.29 is 8.42 Å². The lowest BCUT2D eigenvalue weighted by Crippen LogP contribution is -2.44. The fourth-order valence-electron chi connectivity index (χ4n) is 3.49. The number of nitrogens with one attached hydrogen (secondary N) is 3. The minimum atomic E-state index is -3.10. The first kappa shape index (κ1) is 20.2. The molecule has 136 valence electrons. The van der Waals surface area contributed by atoms with Gasteiger partial charge in [0.1, 0.15) is 0 Å². The topological polar surface area (TPSA) is 82.6 Å². The van der Waals surface area contributed by atoms with Gasteiger partial charge in [0.2, 0.25) is 10.0 Å². The molecule has 0 aliphatic heterocycles. The lowest BCUT2D eigenvalue weighted by molar-refractivity contribution is 0.235. The van der Waals surface area contributed by atoms with E-state index in [4.69, 9.17) is 0 Å². The van der Waals surface area contributed by atoms with Crippen molar-refractivity contribution >= 4 is 16.0 Å². The van der Waals surface area contributed by atoms with Gasteiger partial charge in [-0.25, -0.2) is 13.1 Å². The van der Waals surface area contributed by atoms with Crippen molar-refractivity contribution in [2.75, 3.05) is 32.9 Å². The monoisotopic (exact) mass is 346 g/mol. The Hall–Kier alpha value is -0.820. The Labute approximate surface area is 142 Å². The SMILES string of the molecule is CN=C(NCCCNS(C)(=O)=O)NCC1(CC(C)C)CCCC1. The molecule has 0 aromatic carbocycles. The molecule has 0 atom stereocenters. The molecular weight excluding hydrogens is 312 g/mol. The van der Waals surface area contributed by atoms with E-state index in [0.29, 0.717) is 24.4 Å². The minimum absolute atomic E-state index is 0.406. The van der Waals surface area contributed by atoms with Crippen LogP contribution in [0.25, 0.3) is 0 Å². The summed E-state index contributed by atoms with van der Waals surface area (Å²) in [5, 5.41) is 6.72. The van der Waals surface area contributed by atoms with Crippen molar-refractivity contribution in [1.29, 1.82) is 0 Å². The molecule has 0 radical (unpaired) electrons. The molecule has 0 unspecified atom stereocenters. The molecule has 1 aliphatic carbocycles. The molecule has 1 fully saturated rings. The quantitative estimate of drug-likeness (QED) is 0.337. The van der Waals surface area contributed by atoms with Gasteiger partial charge in [-0.05, 0) is 37.0 Å². The highest BCUT2D eigenvalue weighted by atomic mass is 32.2. The van der Waals surface area contributed by atoms with Crippen LogP contribution in [0.4, 0.5) is 0 Å². The normalized spacial score (nSPS) is 18.4. The van der Waals surface area contributed by atoms with Gasteiger partial charge in [0.05, 0.1) is 6.26 Å². The van der Waals surface area contributed by atoms with Crippen molar-refractivity contribution in [3.05, 3.63) is 0 Å². The van der Waals surface area contributed by atoms with Crippen LogP contribution in [0.3, 0.4) is 0 Å². The molecule has 0 heterocycles. The average molecular weight is 347 g/mol. The minimum Gasteiger partial charge on any atom is -0.356 e. The number of hydrogen-bond donors (Lipinski definition) is 3. The number of sulfonamides is 1. The lowest BCUT2D eigenvalue weighted by atomic mass is 9.78. The van der Waals surface area contributed by atoms with Crippen LogP contribution in [0.5, 0.6) is 0 Å². The fourth-order valence-corrected chi connectivity index (χ4v) is 4.00. The van der Waals surface area contributed by atoms with Gasteiger partial charge in [-0.15, -0.1) is 0 Å². The van der Waals surface area contributed by atoms with Gasteiger partial charge < -0.3 is 10.6 Å². The van der Waals surface area contributed by atoms with Crippen LogP contribution in [0.2, 0.25) is 0 Å². The Morgan fingerprint density at radius 3 is 2.35 bits per heavy atom. The third kappa shape index (κ3) is 8.55. The van der Waals surface area contributed by atoms with Crippen LogP contribution in [-0.2, 0) is 10.0 Å². The highest BCUT2D eigenvalue weighted by Gasteiger charge is 2.34. The van der Waals surface area contributed by atoms with E-state index in [9.17, 15) is 8.42 Å². The highest BCUT2D eigenvalue weighted by Crippen LogP contribution is 2.42. The van der Waals surface area contributed by atoms with E-state index < -0.39 is 10.0 Å². The standard InChI is InChI=1S/C16H34N4O2S/c1-14(2)12-16(8-5-6-9-16)13-19-15(17-3)18-10-7-11-20-23(4,21)22/h14,20H,5-13H2,1-4H3,(H2,17,18,19). The molecule has 0 aromatic rings. The van der Waals surface area contributed by atoms with Crippen molar-refractivity contribution in [2.24, 2.45) is 16.3 Å². The molecule has 7 heteroatoms. The summed E-state index contributed by atoms with van der Waals surface area (Å²) < 4.78 is 24.5. The number of aliphatic imine (C=N–C) groups is 1. The Morgan fingerprint density at radius 1 is 1.17 bits per heavy atom. The summed E-state index contributed by atoms with van der Waals surface area (Å²) in [6.07, 6.45) is 8.42. The Kier molecular flexibility index (Phi) is 8.33. The molecule has 0 bridgehead atoms. The summed E-state index contributed by atoms with van der Waals surface area (Å²) in [7, 11) is -1.32. The van der Waals surface area contributed by atoms with E-state index in [2.05, 4.69) is 34.2 Å². The van der Waals surface area contributed by atoms with E-state index in [1.165, 1.54) is 38.4 Å². The van der Waals surface area contributed by atoms with Gasteiger partial charge >= 0.3 is 0 Å². The van der Waals surface area contributed by atoms with E-state index in [0.717, 1.165) is 18.9 Å². The Morgan fingerprint density at radius 2 is 1.83 bits per heavy atom. The largest absolute Gasteiger partial charge is 0.356 e. The Balaban J connectivity index is 2.32. The molecule has 0 amide bonds. The Bertz CT molecular complexity index is 468. The van der Waals surface area contributed by atoms with E-state index in [-0.39, 0.29) is 0 Å². The predicted octanol–water partition coefficient (Wildman–Crippen LogP) is 1.70. The van der Waals surface area contributed by atoms with Crippen LogP contribution in [-0.4, -0.2) is 47.3 Å².